The number of hydrogen-bond donors (Lipinski definition) is 3. The van der Waals surface area contributed by atoms with E-state index in [1.54, 1.807) is 36.5 Å². The first-order chi connectivity index (χ1) is 9.22. The third-order valence-corrected chi connectivity index (χ3v) is 2.71. The van der Waals surface area contributed by atoms with Crippen molar-refractivity contribution in [3.05, 3.63) is 42.2 Å². The van der Waals surface area contributed by atoms with Crippen LogP contribution in [0.25, 0.3) is 0 Å². The topological polar surface area (TPSA) is 83.2 Å². The number of hydrogen-bond acceptors (Lipinski definition) is 3. The predicted molar refractivity (Wildman–Crippen MR) is 69.3 cm³/mol. The van der Waals surface area contributed by atoms with Crippen molar-refractivity contribution in [3.8, 4) is 5.75 Å². The summed E-state index contributed by atoms with van der Waals surface area (Å²) in [5, 5.41) is 5.42. The van der Waals surface area contributed by atoms with Crippen LogP contribution < -0.4 is 15.4 Å². The van der Waals surface area contributed by atoms with Crippen molar-refractivity contribution < 1.29 is 14.3 Å². The Bertz CT molecular complexity index is 635. The van der Waals surface area contributed by atoms with Gasteiger partial charge >= 0.3 is 0 Å². The molecule has 1 aliphatic rings. The van der Waals surface area contributed by atoms with E-state index in [1.807, 2.05) is 0 Å². The van der Waals surface area contributed by atoms with Gasteiger partial charge in [0.05, 0.1) is 5.69 Å². The molecule has 1 aliphatic heterocycles. The van der Waals surface area contributed by atoms with Crippen LogP contribution in [-0.4, -0.2) is 23.4 Å². The molecule has 0 saturated heterocycles. The van der Waals surface area contributed by atoms with Crippen LogP contribution in [0.5, 0.6) is 5.75 Å². The molecule has 19 heavy (non-hydrogen) atoms. The molecule has 3 N–H and O–H groups in total. The van der Waals surface area contributed by atoms with E-state index < -0.39 is 0 Å². The number of aromatic amines is 1. The average Bonchev–Trinajstić information content (AvgIpc) is 2.92. The molecule has 1 aromatic carbocycles. The van der Waals surface area contributed by atoms with Crippen LogP contribution in [0.3, 0.4) is 0 Å². The number of fused-ring (bicyclic) bond motifs is 1. The van der Waals surface area contributed by atoms with Crippen molar-refractivity contribution in [3.63, 3.8) is 0 Å². The zero-order valence-corrected chi connectivity index (χ0v) is 9.90. The second-order valence-corrected chi connectivity index (χ2v) is 4.09. The fourth-order valence-electron chi connectivity index (χ4n) is 1.83. The first-order valence-corrected chi connectivity index (χ1v) is 5.74. The number of ether oxygens (including phenoxy) is 1. The largest absolute Gasteiger partial charge is 0.482 e. The molecule has 0 unspecified atom stereocenters. The molecule has 0 atom stereocenters. The maximum Gasteiger partial charge on any atom is 0.272 e. The summed E-state index contributed by atoms with van der Waals surface area (Å²) in [6.07, 6.45) is 1.68. The van der Waals surface area contributed by atoms with Crippen LogP contribution >= 0.6 is 0 Å². The highest BCUT2D eigenvalue weighted by Crippen LogP contribution is 2.30. The third kappa shape index (κ3) is 2.28. The first kappa shape index (κ1) is 11.3. The fraction of sp³-hybridized carbons (Fsp3) is 0.0769. The molecule has 0 radical (unpaired) electrons. The lowest BCUT2D eigenvalue weighted by Crippen LogP contribution is -2.25. The average molecular weight is 257 g/mol. The molecule has 2 aromatic rings. The van der Waals surface area contributed by atoms with E-state index in [1.165, 1.54) is 0 Å². The van der Waals surface area contributed by atoms with Gasteiger partial charge < -0.3 is 20.4 Å². The standard InChI is InChI=1S/C13H11N3O3/c17-12-7-19-11-4-3-8(6-10(11)16-12)15-13(18)9-2-1-5-14-9/h1-6,14H,7H2,(H,15,18)(H,16,17). The van der Waals surface area contributed by atoms with Gasteiger partial charge in [0.15, 0.2) is 6.61 Å². The molecule has 0 spiro atoms. The van der Waals surface area contributed by atoms with Crippen molar-refractivity contribution in [1.29, 1.82) is 0 Å². The Kier molecular flexibility index (Phi) is 2.68. The minimum atomic E-state index is -0.243. The van der Waals surface area contributed by atoms with Crippen molar-refractivity contribution in [1.82, 2.24) is 4.98 Å². The Labute approximate surface area is 108 Å². The van der Waals surface area contributed by atoms with Gasteiger partial charge in [-0.3, -0.25) is 9.59 Å². The van der Waals surface area contributed by atoms with Gasteiger partial charge in [0.1, 0.15) is 11.4 Å². The summed E-state index contributed by atoms with van der Waals surface area (Å²) in [5.74, 6) is 0.144. The normalized spacial score (nSPS) is 13.2. The maximum absolute atomic E-state index is 11.8. The molecule has 6 heteroatoms. The van der Waals surface area contributed by atoms with E-state index in [-0.39, 0.29) is 18.4 Å². The number of carbonyl (C=O) groups excluding carboxylic acids is 2. The van der Waals surface area contributed by atoms with Crippen molar-refractivity contribution in [2.24, 2.45) is 0 Å². The van der Waals surface area contributed by atoms with E-state index in [4.69, 9.17) is 4.74 Å². The lowest BCUT2D eigenvalue weighted by Gasteiger charge is -2.18. The zero-order valence-electron chi connectivity index (χ0n) is 9.90. The van der Waals surface area contributed by atoms with Gasteiger partial charge in [-0.05, 0) is 30.3 Å². The second kappa shape index (κ2) is 4.49. The fourth-order valence-corrected chi connectivity index (χ4v) is 1.83. The van der Waals surface area contributed by atoms with Crippen LogP contribution in [0.2, 0.25) is 0 Å². The van der Waals surface area contributed by atoms with Gasteiger partial charge in [0.2, 0.25) is 0 Å². The monoisotopic (exact) mass is 257 g/mol. The van der Waals surface area contributed by atoms with Crippen molar-refractivity contribution in [2.45, 2.75) is 0 Å². The zero-order chi connectivity index (χ0) is 13.2. The molecular weight excluding hydrogens is 246 g/mol. The number of aromatic nitrogens is 1. The summed E-state index contributed by atoms with van der Waals surface area (Å²) in [6, 6.07) is 8.51. The van der Waals surface area contributed by atoms with E-state index >= 15 is 0 Å². The van der Waals surface area contributed by atoms with Crippen LogP contribution in [0.1, 0.15) is 10.5 Å². The molecule has 2 amide bonds. The minimum absolute atomic E-state index is 0.0151. The number of carbonyl (C=O) groups is 2. The number of rotatable bonds is 2. The van der Waals surface area contributed by atoms with Gasteiger partial charge in [0, 0.05) is 11.9 Å². The molecule has 2 heterocycles. The molecule has 0 saturated carbocycles. The molecule has 3 rings (SSSR count). The Morgan fingerprint density at radius 3 is 3.00 bits per heavy atom. The van der Waals surface area contributed by atoms with Crippen LogP contribution in [0, 0.1) is 0 Å². The van der Waals surface area contributed by atoms with Gasteiger partial charge in [-0.1, -0.05) is 0 Å². The third-order valence-electron chi connectivity index (χ3n) is 2.71. The molecule has 1 aromatic heterocycles. The van der Waals surface area contributed by atoms with E-state index in [2.05, 4.69) is 15.6 Å². The quantitative estimate of drug-likeness (QED) is 0.764. The minimum Gasteiger partial charge on any atom is -0.482 e. The van der Waals surface area contributed by atoms with Gasteiger partial charge in [0.25, 0.3) is 11.8 Å². The Balaban J connectivity index is 1.81. The van der Waals surface area contributed by atoms with E-state index in [0.717, 1.165) is 0 Å². The van der Waals surface area contributed by atoms with Gasteiger partial charge in [-0.25, -0.2) is 0 Å². The highest BCUT2D eigenvalue weighted by Gasteiger charge is 2.16. The number of benzene rings is 1. The number of nitrogens with one attached hydrogen (secondary N) is 3. The highest BCUT2D eigenvalue weighted by molar-refractivity contribution is 6.04. The summed E-state index contributed by atoms with van der Waals surface area (Å²) in [7, 11) is 0. The number of anilines is 2. The SMILES string of the molecule is O=C1COc2ccc(NC(=O)c3ccc[nH]3)cc2N1. The molecule has 0 aliphatic carbocycles. The van der Waals surface area contributed by atoms with Crippen molar-refractivity contribution >= 4 is 23.2 Å². The van der Waals surface area contributed by atoms with Gasteiger partial charge in [-0.2, -0.15) is 0 Å². The summed E-state index contributed by atoms with van der Waals surface area (Å²) in [4.78, 5) is 25.9. The second-order valence-electron chi connectivity index (χ2n) is 4.09. The van der Waals surface area contributed by atoms with Crippen LogP contribution in [0.4, 0.5) is 11.4 Å². The lowest BCUT2D eigenvalue weighted by molar-refractivity contribution is -0.118. The molecule has 0 bridgehead atoms. The molecular formula is C13H11N3O3. The van der Waals surface area contributed by atoms with Crippen LogP contribution in [-0.2, 0) is 4.79 Å². The summed E-state index contributed by atoms with van der Waals surface area (Å²) in [6.45, 7) is 0.0151. The van der Waals surface area contributed by atoms with Crippen molar-refractivity contribution in [2.75, 3.05) is 17.2 Å². The smallest absolute Gasteiger partial charge is 0.272 e. The molecule has 6 nitrogen and oxygen atoms in total. The van der Waals surface area contributed by atoms with Gasteiger partial charge in [-0.15, -0.1) is 0 Å². The lowest BCUT2D eigenvalue weighted by atomic mass is 10.2. The molecule has 96 valence electrons. The molecule has 0 fully saturated rings. The Morgan fingerprint density at radius 1 is 1.32 bits per heavy atom. The van der Waals surface area contributed by atoms with E-state index in [0.29, 0.717) is 22.8 Å². The predicted octanol–water partition coefficient (Wildman–Crippen LogP) is 1.60. The Morgan fingerprint density at radius 2 is 2.21 bits per heavy atom. The summed E-state index contributed by atoms with van der Waals surface area (Å²) < 4.78 is 5.24. The highest BCUT2D eigenvalue weighted by atomic mass is 16.5. The summed E-state index contributed by atoms with van der Waals surface area (Å²) >= 11 is 0. The van der Waals surface area contributed by atoms with E-state index in [9.17, 15) is 9.59 Å². The van der Waals surface area contributed by atoms with Crippen LogP contribution in [0.15, 0.2) is 36.5 Å². The summed E-state index contributed by atoms with van der Waals surface area (Å²) in [5.41, 5.74) is 1.61. The number of H-pyrrole nitrogens is 1. The first-order valence-electron chi connectivity index (χ1n) is 5.74. The Hall–Kier alpha value is -2.76. The maximum atomic E-state index is 11.8. The number of amides is 2.